The van der Waals surface area contributed by atoms with Crippen LogP contribution < -0.4 is 5.73 Å². The third-order valence-corrected chi connectivity index (χ3v) is 1.43. The van der Waals surface area contributed by atoms with Crippen LogP contribution in [0.25, 0.3) is 0 Å². The van der Waals surface area contributed by atoms with Crippen molar-refractivity contribution in [2.75, 3.05) is 0 Å². The van der Waals surface area contributed by atoms with Crippen LogP contribution in [0, 0.1) is 5.92 Å². The molecule has 0 aromatic rings. The van der Waals surface area contributed by atoms with E-state index in [-0.39, 0.29) is 11.4 Å². The summed E-state index contributed by atoms with van der Waals surface area (Å²) in [6, 6.07) is -0.487. The maximum Gasteiger partial charge on any atom is 0.323 e. The third kappa shape index (κ3) is 8.01. The molecule has 0 heterocycles. The lowest BCUT2D eigenvalue weighted by Gasteiger charge is -2.22. The fourth-order valence-electron chi connectivity index (χ4n) is 0.982. The van der Waals surface area contributed by atoms with Crippen molar-refractivity contribution in [2.45, 2.75) is 52.7 Å². The zero-order chi connectivity index (χ0) is 10.6. The molecule has 0 rings (SSSR count). The number of hydrogen-bond donors (Lipinski definition) is 1. The molecule has 0 saturated carbocycles. The number of rotatable bonds is 3. The van der Waals surface area contributed by atoms with Crippen molar-refractivity contribution < 1.29 is 15.0 Å². The van der Waals surface area contributed by atoms with E-state index in [0.29, 0.717) is 12.3 Å². The summed E-state index contributed by atoms with van der Waals surface area (Å²) in [5.74, 6) is 0.115. The zero-order valence-corrected chi connectivity index (χ0v) is 9.76. The summed E-state index contributed by atoms with van der Waals surface area (Å²) < 4.78 is 5.14. The summed E-state index contributed by atoms with van der Waals surface area (Å²) in [6.45, 7) is 9.58. The third-order valence-electron chi connectivity index (χ3n) is 1.43. The first-order valence-electron chi connectivity index (χ1n) is 4.71. The largest absolute Gasteiger partial charge is 0.459 e. The smallest absolute Gasteiger partial charge is 0.323 e. The molecule has 0 aliphatic heterocycles. The van der Waals surface area contributed by atoms with E-state index in [2.05, 4.69) is 0 Å². The minimum Gasteiger partial charge on any atom is -0.459 e. The minimum atomic E-state index is -0.487. The van der Waals surface area contributed by atoms with Crippen molar-refractivity contribution in [1.29, 1.82) is 0 Å². The SMILES string of the molecule is CC(C)CC(N)C(=O)OC(C)(C)C.O. The van der Waals surface area contributed by atoms with E-state index in [1.165, 1.54) is 0 Å². The molecule has 0 aromatic heterocycles. The maximum absolute atomic E-state index is 11.3. The van der Waals surface area contributed by atoms with Gasteiger partial charge in [-0.3, -0.25) is 4.79 Å². The summed E-state index contributed by atoms with van der Waals surface area (Å²) in [5.41, 5.74) is 5.21. The van der Waals surface area contributed by atoms with Gasteiger partial charge in [-0.25, -0.2) is 0 Å². The van der Waals surface area contributed by atoms with E-state index in [1.54, 1.807) is 0 Å². The number of carbonyl (C=O) groups excluding carboxylic acids is 1. The number of nitrogens with two attached hydrogens (primary N) is 1. The molecule has 4 nitrogen and oxygen atoms in total. The van der Waals surface area contributed by atoms with Gasteiger partial charge in [-0.15, -0.1) is 0 Å². The lowest BCUT2D eigenvalue weighted by molar-refractivity contribution is -0.156. The first-order valence-corrected chi connectivity index (χ1v) is 4.71. The Hall–Kier alpha value is -0.610. The quantitative estimate of drug-likeness (QED) is 0.694. The molecule has 0 saturated heterocycles. The number of esters is 1. The van der Waals surface area contributed by atoms with E-state index in [0.717, 1.165) is 0 Å². The van der Waals surface area contributed by atoms with Crippen molar-refractivity contribution in [1.82, 2.24) is 0 Å². The van der Waals surface area contributed by atoms with Crippen LogP contribution >= 0.6 is 0 Å². The Bertz CT molecular complexity index is 173. The lowest BCUT2D eigenvalue weighted by Crippen LogP contribution is -2.38. The predicted octanol–water partition coefficient (Wildman–Crippen LogP) is 0.877. The molecule has 4 heteroatoms. The average Bonchev–Trinajstić information content (AvgIpc) is 1.81. The van der Waals surface area contributed by atoms with Crippen molar-refractivity contribution in [3.8, 4) is 0 Å². The highest BCUT2D eigenvalue weighted by Crippen LogP contribution is 2.11. The summed E-state index contributed by atoms with van der Waals surface area (Å²) in [5, 5.41) is 0. The van der Waals surface area contributed by atoms with Crippen LogP contribution in [0.5, 0.6) is 0 Å². The Kier molecular flexibility index (Phi) is 6.77. The van der Waals surface area contributed by atoms with Gasteiger partial charge in [0.25, 0.3) is 0 Å². The first kappa shape index (κ1) is 15.8. The van der Waals surface area contributed by atoms with E-state index < -0.39 is 11.6 Å². The normalized spacial score (nSPS) is 13.4. The van der Waals surface area contributed by atoms with Gasteiger partial charge in [0, 0.05) is 0 Å². The minimum absolute atomic E-state index is 0. The second-order valence-electron chi connectivity index (χ2n) is 4.77. The van der Waals surface area contributed by atoms with E-state index >= 15 is 0 Å². The maximum atomic E-state index is 11.3. The van der Waals surface area contributed by atoms with Gasteiger partial charge in [0.15, 0.2) is 0 Å². The molecule has 0 bridgehead atoms. The van der Waals surface area contributed by atoms with Gasteiger partial charge in [-0.2, -0.15) is 0 Å². The van der Waals surface area contributed by atoms with Crippen LogP contribution in [0.3, 0.4) is 0 Å². The summed E-state index contributed by atoms with van der Waals surface area (Å²) in [7, 11) is 0. The lowest BCUT2D eigenvalue weighted by atomic mass is 10.0. The summed E-state index contributed by atoms with van der Waals surface area (Å²) >= 11 is 0. The number of hydrogen-bond acceptors (Lipinski definition) is 3. The summed E-state index contributed by atoms with van der Waals surface area (Å²) in [4.78, 5) is 11.3. The molecule has 0 aromatic carbocycles. The van der Waals surface area contributed by atoms with Crippen LogP contribution in [0.4, 0.5) is 0 Å². The number of ether oxygens (including phenoxy) is 1. The van der Waals surface area contributed by atoms with Gasteiger partial charge in [-0.1, -0.05) is 13.8 Å². The molecule has 0 radical (unpaired) electrons. The van der Waals surface area contributed by atoms with Crippen molar-refractivity contribution in [2.24, 2.45) is 11.7 Å². The molecular weight excluding hydrogens is 182 g/mol. The van der Waals surface area contributed by atoms with Crippen LogP contribution in [0.1, 0.15) is 41.0 Å². The molecule has 4 N–H and O–H groups in total. The Morgan fingerprint density at radius 3 is 2.07 bits per heavy atom. The van der Waals surface area contributed by atoms with Gasteiger partial charge in [0.05, 0.1) is 0 Å². The molecule has 0 spiro atoms. The van der Waals surface area contributed by atoms with Crippen LogP contribution in [-0.2, 0) is 9.53 Å². The fraction of sp³-hybridized carbons (Fsp3) is 0.900. The topological polar surface area (TPSA) is 83.8 Å². The number of carbonyl (C=O) groups is 1. The van der Waals surface area contributed by atoms with Gasteiger partial charge in [0.2, 0.25) is 0 Å². The van der Waals surface area contributed by atoms with Crippen LogP contribution in [0.15, 0.2) is 0 Å². The Labute approximate surface area is 86.1 Å². The Balaban J connectivity index is 0. The van der Waals surface area contributed by atoms with Crippen molar-refractivity contribution in [3.05, 3.63) is 0 Å². The molecule has 0 amide bonds. The molecule has 0 fully saturated rings. The molecule has 86 valence electrons. The zero-order valence-electron chi connectivity index (χ0n) is 9.76. The molecule has 1 atom stereocenters. The van der Waals surface area contributed by atoms with E-state index in [9.17, 15) is 4.79 Å². The highest BCUT2D eigenvalue weighted by Gasteiger charge is 2.22. The molecular formula is C10H23NO3. The molecule has 1 unspecified atom stereocenters. The van der Waals surface area contributed by atoms with Crippen molar-refractivity contribution >= 4 is 5.97 Å². The summed E-state index contributed by atoms with van der Waals surface area (Å²) in [6.07, 6.45) is 0.676. The second kappa shape index (κ2) is 5.98. The standard InChI is InChI=1S/C10H21NO2.H2O/c1-7(2)6-8(11)9(12)13-10(3,4)5;/h7-8H,6,11H2,1-5H3;1H2. The fourth-order valence-corrected chi connectivity index (χ4v) is 0.982. The second-order valence-corrected chi connectivity index (χ2v) is 4.77. The molecule has 14 heavy (non-hydrogen) atoms. The Morgan fingerprint density at radius 1 is 1.36 bits per heavy atom. The van der Waals surface area contributed by atoms with Gasteiger partial charge >= 0.3 is 5.97 Å². The van der Waals surface area contributed by atoms with Crippen LogP contribution in [-0.4, -0.2) is 23.1 Å². The van der Waals surface area contributed by atoms with E-state index in [1.807, 2.05) is 34.6 Å². The van der Waals surface area contributed by atoms with Gasteiger partial charge in [-0.05, 0) is 33.1 Å². The average molecular weight is 205 g/mol. The van der Waals surface area contributed by atoms with Crippen molar-refractivity contribution in [3.63, 3.8) is 0 Å². The molecule has 0 aliphatic carbocycles. The van der Waals surface area contributed by atoms with Gasteiger partial charge in [0.1, 0.15) is 11.6 Å². The van der Waals surface area contributed by atoms with E-state index in [4.69, 9.17) is 10.5 Å². The Morgan fingerprint density at radius 2 is 1.79 bits per heavy atom. The van der Waals surface area contributed by atoms with Crippen LogP contribution in [0.2, 0.25) is 0 Å². The highest BCUT2D eigenvalue weighted by molar-refractivity contribution is 5.75. The molecule has 0 aliphatic rings. The highest BCUT2D eigenvalue weighted by atomic mass is 16.6. The monoisotopic (exact) mass is 205 g/mol. The first-order chi connectivity index (χ1) is 5.72. The predicted molar refractivity (Wildman–Crippen MR) is 56.9 cm³/mol. The van der Waals surface area contributed by atoms with Gasteiger partial charge < -0.3 is 15.9 Å².